The minimum Gasteiger partial charge on any atom is -0.487 e. The van der Waals surface area contributed by atoms with Gasteiger partial charge in [-0.1, -0.05) is 5.16 Å². The molecule has 118 valence electrons. The van der Waals surface area contributed by atoms with Crippen LogP contribution in [-0.2, 0) is 11.3 Å². The summed E-state index contributed by atoms with van der Waals surface area (Å²) >= 11 is 0. The highest BCUT2D eigenvalue weighted by atomic mass is 16.5. The fourth-order valence-corrected chi connectivity index (χ4v) is 1.95. The van der Waals surface area contributed by atoms with Crippen molar-refractivity contribution in [2.24, 2.45) is 0 Å². The van der Waals surface area contributed by atoms with Gasteiger partial charge in [0, 0.05) is 0 Å². The Morgan fingerprint density at radius 2 is 2.09 bits per heavy atom. The molecule has 0 fully saturated rings. The minimum absolute atomic E-state index is 0.177. The molecule has 6 heteroatoms. The van der Waals surface area contributed by atoms with E-state index < -0.39 is 5.97 Å². The van der Waals surface area contributed by atoms with Crippen molar-refractivity contribution in [3.63, 3.8) is 0 Å². The quantitative estimate of drug-likeness (QED) is 0.675. The first-order chi connectivity index (χ1) is 10.4. The Morgan fingerprint density at radius 3 is 2.64 bits per heavy atom. The van der Waals surface area contributed by atoms with E-state index in [1.165, 1.54) is 0 Å². The van der Waals surface area contributed by atoms with Crippen molar-refractivity contribution in [2.75, 3.05) is 5.73 Å². The van der Waals surface area contributed by atoms with Crippen LogP contribution in [-0.4, -0.2) is 17.2 Å². The third kappa shape index (κ3) is 3.58. The first-order valence-electron chi connectivity index (χ1n) is 7.03. The molecule has 0 radical (unpaired) electrons. The maximum absolute atomic E-state index is 11.8. The van der Waals surface area contributed by atoms with E-state index in [0.29, 0.717) is 29.4 Å². The van der Waals surface area contributed by atoms with E-state index in [4.69, 9.17) is 19.7 Å². The number of aromatic nitrogens is 1. The number of nitrogen functional groups attached to an aromatic ring is 1. The number of nitrogens with two attached hydrogens (primary N) is 1. The predicted octanol–water partition coefficient (Wildman–Crippen LogP) is 3.02. The molecule has 0 aliphatic rings. The highest BCUT2D eigenvalue weighted by Gasteiger charge is 2.13. The largest absolute Gasteiger partial charge is 0.487 e. The number of hydrogen-bond donors (Lipinski definition) is 1. The van der Waals surface area contributed by atoms with Crippen LogP contribution in [0.5, 0.6) is 5.75 Å². The highest BCUT2D eigenvalue weighted by Crippen LogP contribution is 2.25. The average molecular weight is 304 g/mol. The molecule has 0 saturated carbocycles. The molecule has 0 amide bonds. The molecule has 2 rings (SSSR count). The Hall–Kier alpha value is -2.50. The summed E-state index contributed by atoms with van der Waals surface area (Å²) in [5.41, 5.74) is 8.39. The van der Waals surface area contributed by atoms with Gasteiger partial charge in [0.05, 0.1) is 28.6 Å². The zero-order chi connectivity index (χ0) is 16.3. The normalized spacial score (nSPS) is 10.8. The smallest absolute Gasteiger partial charge is 0.338 e. The van der Waals surface area contributed by atoms with Gasteiger partial charge in [0.15, 0.2) is 0 Å². The number of ether oxygens (including phenoxy) is 2. The molecule has 0 unspecified atom stereocenters. The number of anilines is 1. The number of carbonyl (C=O) groups is 1. The van der Waals surface area contributed by atoms with Crippen LogP contribution in [0, 0.1) is 13.8 Å². The van der Waals surface area contributed by atoms with Crippen LogP contribution in [0.1, 0.15) is 41.2 Å². The molecule has 2 N–H and O–H groups in total. The molecular formula is C16H20N2O4. The van der Waals surface area contributed by atoms with Crippen molar-refractivity contribution in [1.82, 2.24) is 5.16 Å². The van der Waals surface area contributed by atoms with Gasteiger partial charge in [-0.3, -0.25) is 0 Å². The van der Waals surface area contributed by atoms with Crippen molar-refractivity contribution < 1.29 is 18.8 Å². The molecule has 22 heavy (non-hydrogen) atoms. The van der Waals surface area contributed by atoms with Crippen LogP contribution in [0.3, 0.4) is 0 Å². The monoisotopic (exact) mass is 304 g/mol. The molecule has 1 heterocycles. The summed E-state index contributed by atoms with van der Waals surface area (Å²) < 4.78 is 15.9. The second-order valence-electron chi connectivity index (χ2n) is 5.30. The summed E-state index contributed by atoms with van der Waals surface area (Å²) in [5.74, 6) is 0.813. The number of rotatable bonds is 5. The van der Waals surface area contributed by atoms with E-state index >= 15 is 0 Å². The lowest BCUT2D eigenvalue weighted by atomic mass is 10.2. The van der Waals surface area contributed by atoms with Crippen molar-refractivity contribution in [2.45, 2.75) is 40.4 Å². The number of aryl methyl sites for hydroxylation is 2. The van der Waals surface area contributed by atoms with E-state index in [1.54, 1.807) is 32.0 Å². The Bertz CT molecular complexity index is 657. The summed E-state index contributed by atoms with van der Waals surface area (Å²) in [5, 5.41) is 3.87. The third-order valence-corrected chi connectivity index (χ3v) is 3.14. The van der Waals surface area contributed by atoms with E-state index in [0.717, 1.165) is 11.3 Å². The van der Waals surface area contributed by atoms with Crippen LogP contribution in [0.4, 0.5) is 5.69 Å². The summed E-state index contributed by atoms with van der Waals surface area (Å²) in [6, 6.07) is 4.83. The van der Waals surface area contributed by atoms with Crippen molar-refractivity contribution >= 4 is 11.7 Å². The Morgan fingerprint density at radius 1 is 1.36 bits per heavy atom. The zero-order valence-corrected chi connectivity index (χ0v) is 13.2. The number of nitrogens with zero attached hydrogens (tertiary/aromatic N) is 1. The van der Waals surface area contributed by atoms with E-state index in [-0.39, 0.29) is 6.10 Å². The fourth-order valence-electron chi connectivity index (χ4n) is 1.95. The van der Waals surface area contributed by atoms with Crippen LogP contribution in [0.25, 0.3) is 0 Å². The van der Waals surface area contributed by atoms with Crippen molar-refractivity contribution in [1.29, 1.82) is 0 Å². The molecule has 0 aliphatic carbocycles. The van der Waals surface area contributed by atoms with Crippen LogP contribution >= 0.6 is 0 Å². The molecule has 6 nitrogen and oxygen atoms in total. The minimum atomic E-state index is -0.404. The first kappa shape index (κ1) is 15.9. The molecule has 0 aliphatic heterocycles. The van der Waals surface area contributed by atoms with Gasteiger partial charge in [0.2, 0.25) is 0 Å². The first-order valence-corrected chi connectivity index (χ1v) is 7.03. The van der Waals surface area contributed by atoms with Crippen LogP contribution in [0.15, 0.2) is 22.7 Å². The zero-order valence-electron chi connectivity index (χ0n) is 13.2. The lowest BCUT2D eigenvalue weighted by Gasteiger charge is -2.11. The van der Waals surface area contributed by atoms with Crippen LogP contribution in [0.2, 0.25) is 0 Å². The van der Waals surface area contributed by atoms with E-state index in [9.17, 15) is 4.79 Å². The molecule has 0 saturated heterocycles. The second kappa shape index (κ2) is 6.51. The lowest BCUT2D eigenvalue weighted by molar-refractivity contribution is 0.0378. The topological polar surface area (TPSA) is 87.6 Å². The maximum Gasteiger partial charge on any atom is 0.338 e. The Balaban J connectivity index is 2.08. The Labute approximate surface area is 129 Å². The Kier molecular flexibility index (Phi) is 4.70. The van der Waals surface area contributed by atoms with Gasteiger partial charge < -0.3 is 19.7 Å². The summed E-state index contributed by atoms with van der Waals surface area (Å²) in [6.45, 7) is 7.57. The van der Waals surface area contributed by atoms with Gasteiger partial charge in [-0.25, -0.2) is 4.79 Å². The van der Waals surface area contributed by atoms with Crippen molar-refractivity contribution in [3.05, 3.63) is 40.8 Å². The number of esters is 1. The van der Waals surface area contributed by atoms with E-state index in [2.05, 4.69) is 5.16 Å². The molecule has 0 bridgehead atoms. The third-order valence-electron chi connectivity index (χ3n) is 3.14. The molecule has 1 aromatic heterocycles. The standard InChI is InChI=1S/C16H20N2O4/c1-9(2)21-16(19)12-5-6-15(14(17)7-12)20-8-13-10(3)18-22-11(13)4/h5-7,9H,8,17H2,1-4H3. The van der Waals surface area contributed by atoms with Gasteiger partial charge in [-0.15, -0.1) is 0 Å². The van der Waals surface area contributed by atoms with Crippen LogP contribution < -0.4 is 10.5 Å². The summed E-state index contributed by atoms with van der Waals surface area (Å²) in [6.07, 6.45) is -0.177. The van der Waals surface area contributed by atoms with Crippen molar-refractivity contribution in [3.8, 4) is 5.75 Å². The SMILES string of the molecule is Cc1noc(C)c1COc1ccc(C(=O)OC(C)C)cc1N. The number of hydrogen-bond acceptors (Lipinski definition) is 6. The molecule has 0 spiro atoms. The summed E-state index contributed by atoms with van der Waals surface area (Å²) in [7, 11) is 0. The molecule has 0 atom stereocenters. The van der Waals surface area contributed by atoms with E-state index in [1.807, 2.05) is 13.8 Å². The van der Waals surface area contributed by atoms with Gasteiger partial charge in [-0.2, -0.15) is 0 Å². The highest BCUT2D eigenvalue weighted by molar-refractivity contribution is 5.91. The number of benzene rings is 1. The van der Waals surface area contributed by atoms with Gasteiger partial charge in [0.25, 0.3) is 0 Å². The van der Waals surface area contributed by atoms with Gasteiger partial charge in [0.1, 0.15) is 18.1 Å². The lowest BCUT2D eigenvalue weighted by Crippen LogP contribution is -2.12. The fraction of sp³-hybridized carbons (Fsp3) is 0.375. The molecule has 2 aromatic rings. The second-order valence-corrected chi connectivity index (χ2v) is 5.30. The maximum atomic E-state index is 11.8. The van der Waals surface area contributed by atoms with Gasteiger partial charge >= 0.3 is 5.97 Å². The van der Waals surface area contributed by atoms with Gasteiger partial charge in [-0.05, 0) is 45.9 Å². The molecular weight excluding hydrogens is 284 g/mol. The predicted molar refractivity (Wildman–Crippen MR) is 81.7 cm³/mol. The summed E-state index contributed by atoms with van der Waals surface area (Å²) in [4.78, 5) is 11.8. The average Bonchev–Trinajstić information content (AvgIpc) is 2.76. The number of carbonyl (C=O) groups excluding carboxylic acids is 1. The molecule has 1 aromatic carbocycles.